The average molecular weight is 365 g/mol. The van der Waals surface area contributed by atoms with E-state index in [1.54, 1.807) is 4.90 Å². The minimum Gasteiger partial charge on any atom is -0.444 e. The van der Waals surface area contributed by atoms with Crippen LogP contribution < -0.4 is 9.80 Å². The van der Waals surface area contributed by atoms with Crippen LogP contribution in [-0.4, -0.2) is 50.6 Å². The van der Waals surface area contributed by atoms with Gasteiger partial charge in [0, 0.05) is 17.0 Å². The van der Waals surface area contributed by atoms with Crippen molar-refractivity contribution < 1.29 is 23.0 Å². The van der Waals surface area contributed by atoms with Gasteiger partial charge in [-0.25, -0.2) is 13.6 Å². The van der Waals surface area contributed by atoms with Crippen LogP contribution in [0.1, 0.15) is 12.8 Å². The van der Waals surface area contributed by atoms with Crippen LogP contribution in [0, 0.1) is 11.6 Å². The van der Waals surface area contributed by atoms with Gasteiger partial charge in [-0.15, -0.1) is 0 Å². The Kier molecular flexibility index (Phi) is 4.29. The first-order valence-corrected chi connectivity index (χ1v) is 8.42. The molecule has 138 valence electrons. The van der Waals surface area contributed by atoms with Crippen molar-refractivity contribution in [2.45, 2.75) is 31.0 Å². The molecule has 1 aromatic rings. The molecule has 0 spiro atoms. The summed E-state index contributed by atoms with van der Waals surface area (Å²) in [6, 6.07) is 2.22. The third-order valence-corrected chi connectivity index (χ3v) is 5.03. The molecule has 3 aliphatic heterocycles. The lowest BCUT2D eigenvalue weighted by Crippen LogP contribution is -2.46. The number of halogens is 2. The number of morpholine rings is 1. The molecule has 0 N–H and O–H groups in total. The molecule has 3 heterocycles. The Labute approximate surface area is 147 Å². The van der Waals surface area contributed by atoms with Gasteiger partial charge in [0.25, 0.3) is 0 Å². The van der Waals surface area contributed by atoms with Gasteiger partial charge in [-0.2, -0.15) is 0 Å². The molecule has 0 radical (unpaired) electrons. The lowest BCUT2D eigenvalue weighted by atomic mass is 10.1. The van der Waals surface area contributed by atoms with Gasteiger partial charge >= 0.3 is 6.09 Å². The van der Waals surface area contributed by atoms with Crippen LogP contribution in [0.25, 0.3) is 10.4 Å². The molecule has 26 heavy (non-hydrogen) atoms. The first-order chi connectivity index (χ1) is 12.6. The number of hydrogen-bond acceptors (Lipinski definition) is 5. The summed E-state index contributed by atoms with van der Waals surface area (Å²) in [5.41, 5.74) is 8.36. The van der Waals surface area contributed by atoms with Crippen LogP contribution >= 0.6 is 0 Å². The predicted molar refractivity (Wildman–Crippen MR) is 88.1 cm³/mol. The second-order valence-corrected chi connectivity index (χ2v) is 6.62. The smallest absolute Gasteiger partial charge is 0.414 e. The van der Waals surface area contributed by atoms with Gasteiger partial charge in [-0.05, 0) is 18.4 Å². The average Bonchev–Trinajstić information content (AvgIpc) is 3.08. The van der Waals surface area contributed by atoms with Gasteiger partial charge in [0.05, 0.1) is 44.1 Å². The van der Waals surface area contributed by atoms with Crippen molar-refractivity contribution in [3.8, 4) is 0 Å². The monoisotopic (exact) mass is 365 g/mol. The molecule has 3 aliphatic rings. The zero-order chi connectivity index (χ0) is 18.3. The highest BCUT2D eigenvalue weighted by Gasteiger charge is 2.40. The number of hydrogen-bond donors (Lipinski definition) is 0. The summed E-state index contributed by atoms with van der Waals surface area (Å²) in [7, 11) is 0. The Balaban J connectivity index is 1.60. The highest BCUT2D eigenvalue weighted by atomic mass is 19.1. The topological polar surface area (TPSA) is 90.8 Å². The van der Waals surface area contributed by atoms with Gasteiger partial charge in [0.1, 0.15) is 11.8 Å². The quantitative estimate of drug-likeness (QED) is 0.466. The second-order valence-electron chi connectivity index (χ2n) is 6.62. The summed E-state index contributed by atoms with van der Waals surface area (Å²) in [4.78, 5) is 17.5. The highest BCUT2D eigenvalue weighted by molar-refractivity contribution is 5.90. The van der Waals surface area contributed by atoms with Gasteiger partial charge in [0.15, 0.2) is 11.6 Å². The van der Waals surface area contributed by atoms with E-state index in [1.807, 2.05) is 0 Å². The van der Waals surface area contributed by atoms with Crippen LogP contribution in [0.4, 0.5) is 25.0 Å². The van der Waals surface area contributed by atoms with E-state index in [0.717, 1.165) is 29.9 Å². The SMILES string of the molecule is [N-]=[N+]=NC[C@H]1CN(c2cc(F)c(N3C4CCC3COC4)c(F)c2)C(=O)O1. The van der Waals surface area contributed by atoms with E-state index >= 15 is 0 Å². The number of rotatable bonds is 4. The van der Waals surface area contributed by atoms with Crippen molar-refractivity contribution >= 4 is 17.5 Å². The number of nitrogens with zero attached hydrogens (tertiary/aromatic N) is 5. The Bertz CT molecular complexity index is 746. The largest absolute Gasteiger partial charge is 0.444 e. The number of carbonyl (C=O) groups excluding carboxylic acids is 1. The molecule has 3 atom stereocenters. The van der Waals surface area contributed by atoms with Crippen molar-refractivity contribution in [2.24, 2.45) is 5.11 Å². The van der Waals surface area contributed by atoms with E-state index in [2.05, 4.69) is 10.0 Å². The van der Waals surface area contributed by atoms with E-state index in [1.165, 1.54) is 0 Å². The van der Waals surface area contributed by atoms with Crippen LogP contribution in [-0.2, 0) is 9.47 Å². The van der Waals surface area contributed by atoms with Gasteiger partial charge in [0.2, 0.25) is 0 Å². The molecule has 1 amide bonds. The number of cyclic esters (lactones) is 1. The number of benzene rings is 1. The van der Waals surface area contributed by atoms with Crippen molar-refractivity contribution in [3.63, 3.8) is 0 Å². The van der Waals surface area contributed by atoms with Crippen molar-refractivity contribution in [3.05, 3.63) is 34.2 Å². The van der Waals surface area contributed by atoms with Crippen molar-refractivity contribution in [1.29, 1.82) is 0 Å². The lowest BCUT2D eigenvalue weighted by Gasteiger charge is -2.37. The van der Waals surface area contributed by atoms with Gasteiger partial charge in [-0.3, -0.25) is 4.90 Å². The van der Waals surface area contributed by atoms with Crippen LogP contribution in [0.3, 0.4) is 0 Å². The van der Waals surface area contributed by atoms with E-state index in [9.17, 15) is 13.6 Å². The fraction of sp³-hybridized carbons (Fsp3) is 0.562. The maximum absolute atomic E-state index is 14.8. The summed E-state index contributed by atoms with van der Waals surface area (Å²) >= 11 is 0. The van der Waals surface area contributed by atoms with Crippen LogP contribution in [0.15, 0.2) is 17.2 Å². The Morgan fingerprint density at radius 2 is 1.88 bits per heavy atom. The van der Waals surface area contributed by atoms with Crippen LogP contribution in [0.2, 0.25) is 0 Å². The molecule has 3 saturated heterocycles. The zero-order valence-corrected chi connectivity index (χ0v) is 13.8. The predicted octanol–water partition coefficient (Wildman–Crippen LogP) is 2.97. The van der Waals surface area contributed by atoms with E-state index in [0.29, 0.717) is 13.2 Å². The Morgan fingerprint density at radius 1 is 1.23 bits per heavy atom. The van der Waals surface area contributed by atoms with E-state index in [-0.39, 0.29) is 36.5 Å². The summed E-state index contributed by atoms with van der Waals surface area (Å²) in [6.07, 6.45) is 0.316. The summed E-state index contributed by atoms with van der Waals surface area (Å²) in [5.74, 6) is -1.44. The second kappa shape index (κ2) is 6.62. The first kappa shape index (κ1) is 16.9. The molecule has 10 heteroatoms. The molecule has 0 saturated carbocycles. The van der Waals surface area contributed by atoms with Gasteiger partial charge < -0.3 is 14.4 Å². The third kappa shape index (κ3) is 2.81. The zero-order valence-electron chi connectivity index (χ0n) is 13.8. The number of ether oxygens (including phenoxy) is 2. The number of fused-ring (bicyclic) bond motifs is 2. The number of azide groups is 1. The molecule has 3 fully saturated rings. The number of anilines is 2. The molecule has 2 unspecified atom stereocenters. The normalized spacial score (nSPS) is 27.5. The minimum absolute atomic E-state index is 0.0288. The summed E-state index contributed by atoms with van der Waals surface area (Å²) < 4.78 is 40.1. The molecule has 8 nitrogen and oxygen atoms in total. The fourth-order valence-electron chi connectivity index (χ4n) is 3.90. The number of carbonyl (C=O) groups is 1. The van der Waals surface area contributed by atoms with E-state index in [4.69, 9.17) is 15.0 Å². The number of amides is 1. The molecule has 1 aromatic carbocycles. The minimum atomic E-state index is -0.721. The van der Waals surface area contributed by atoms with Crippen LogP contribution in [0.5, 0.6) is 0 Å². The highest BCUT2D eigenvalue weighted by Crippen LogP contribution is 2.39. The van der Waals surface area contributed by atoms with Crippen molar-refractivity contribution in [1.82, 2.24) is 0 Å². The van der Waals surface area contributed by atoms with Crippen molar-refractivity contribution in [2.75, 3.05) is 36.1 Å². The maximum atomic E-state index is 14.8. The van der Waals surface area contributed by atoms with E-state index < -0.39 is 23.8 Å². The third-order valence-electron chi connectivity index (χ3n) is 5.03. The lowest BCUT2D eigenvalue weighted by molar-refractivity contribution is 0.0898. The Morgan fingerprint density at radius 3 is 2.50 bits per heavy atom. The maximum Gasteiger partial charge on any atom is 0.414 e. The molecule has 0 aliphatic carbocycles. The molecular formula is C16H17F2N5O3. The molecular weight excluding hydrogens is 348 g/mol. The van der Waals surface area contributed by atoms with Gasteiger partial charge in [-0.1, -0.05) is 5.11 Å². The summed E-state index contributed by atoms with van der Waals surface area (Å²) in [5, 5.41) is 3.36. The molecule has 4 rings (SSSR count). The molecule has 0 aromatic heterocycles. The summed E-state index contributed by atoms with van der Waals surface area (Å²) in [6.45, 7) is 0.950. The standard InChI is InChI=1S/C16H17F2N5O3/c17-13-3-11(22-6-12(5-20-21-19)26-16(22)24)4-14(18)15(13)23-9-1-2-10(23)8-25-7-9/h3-4,9-10,12H,1-2,5-8H2/t9?,10?,12-/m0/s1. The Hall–Kier alpha value is -2.58. The first-order valence-electron chi connectivity index (χ1n) is 8.42. The fourth-order valence-corrected chi connectivity index (χ4v) is 3.90. The molecule has 2 bridgehead atoms.